The maximum absolute atomic E-state index is 12.5. The van der Waals surface area contributed by atoms with Gasteiger partial charge in [0.2, 0.25) is 0 Å². The fourth-order valence-corrected chi connectivity index (χ4v) is 2.86. The minimum absolute atomic E-state index is 0.0384. The molecule has 0 aliphatic carbocycles. The van der Waals surface area contributed by atoms with Crippen molar-refractivity contribution in [3.63, 3.8) is 0 Å². The number of halogens is 1. The zero-order valence-electron chi connectivity index (χ0n) is 10.9. The molecule has 1 aliphatic rings. The lowest BCUT2D eigenvalue weighted by Crippen LogP contribution is -2.31. The Labute approximate surface area is 126 Å². The number of nitrogens with zero attached hydrogens (tertiary/aromatic N) is 3. The minimum Gasteiger partial charge on any atom is -0.330 e. The number of amides is 1. The zero-order chi connectivity index (χ0) is 13.9. The van der Waals surface area contributed by atoms with Crippen LogP contribution in [0.15, 0.2) is 47.3 Å². The molecule has 1 amide bonds. The highest BCUT2D eigenvalue weighted by molar-refractivity contribution is 9.10. The van der Waals surface area contributed by atoms with E-state index in [9.17, 15) is 4.79 Å². The summed E-state index contributed by atoms with van der Waals surface area (Å²) in [5.74, 6) is -0.0384. The Morgan fingerprint density at radius 1 is 1.25 bits per heavy atom. The van der Waals surface area contributed by atoms with Gasteiger partial charge in [0.1, 0.15) is 5.69 Å². The van der Waals surface area contributed by atoms with Gasteiger partial charge in [-0.05, 0) is 30.5 Å². The quantitative estimate of drug-likeness (QED) is 0.848. The van der Waals surface area contributed by atoms with Crippen molar-refractivity contribution in [2.24, 2.45) is 0 Å². The van der Waals surface area contributed by atoms with E-state index in [4.69, 9.17) is 0 Å². The number of hydrogen-bond acceptors (Lipinski definition) is 3. The number of rotatable bonds is 2. The molecule has 1 saturated heterocycles. The van der Waals surface area contributed by atoms with Crippen LogP contribution in [-0.2, 0) is 0 Å². The summed E-state index contributed by atoms with van der Waals surface area (Å²) in [7, 11) is 0. The Morgan fingerprint density at radius 3 is 2.75 bits per heavy atom. The molecular formula is C15H14BrN3O. The Bertz CT molecular complexity index is 600. The maximum Gasteiger partial charge on any atom is 0.274 e. The lowest BCUT2D eigenvalue weighted by Gasteiger charge is -2.24. The molecule has 1 fully saturated rings. The lowest BCUT2D eigenvalue weighted by atomic mass is 10.0. The molecule has 0 saturated carbocycles. The Hall–Kier alpha value is -1.75. The maximum atomic E-state index is 12.5. The summed E-state index contributed by atoms with van der Waals surface area (Å²) < 4.78 is 1.05. The zero-order valence-corrected chi connectivity index (χ0v) is 12.5. The second-order valence-corrected chi connectivity index (χ2v) is 5.71. The molecule has 0 radical (unpaired) electrons. The van der Waals surface area contributed by atoms with Crippen LogP contribution in [0.25, 0.3) is 0 Å². The molecule has 20 heavy (non-hydrogen) atoms. The van der Waals surface area contributed by atoms with Crippen molar-refractivity contribution in [3.05, 3.63) is 58.6 Å². The molecule has 1 aromatic heterocycles. The van der Waals surface area contributed by atoms with Crippen molar-refractivity contribution in [1.29, 1.82) is 0 Å². The van der Waals surface area contributed by atoms with E-state index in [1.165, 1.54) is 11.8 Å². The summed E-state index contributed by atoms with van der Waals surface area (Å²) in [5, 5.41) is 0. The first kappa shape index (κ1) is 13.2. The molecular weight excluding hydrogens is 318 g/mol. The first-order valence-corrected chi connectivity index (χ1v) is 7.37. The summed E-state index contributed by atoms with van der Waals surface area (Å²) >= 11 is 3.44. The lowest BCUT2D eigenvalue weighted by molar-refractivity contribution is 0.0729. The highest BCUT2D eigenvalue weighted by Crippen LogP contribution is 2.33. The second-order valence-electron chi connectivity index (χ2n) is 4.80. The third-order valence-corrected chi connectivity index (χ3v) is 4.08. The highest BCUT2D eigenvalue weighted by atomic mass is 79.9. The molecule has 102 valence electrons. The summed E-state index contributed by atoms with van der Waals surface area (Å²) in [5.41, 5.74) is 1.58. The molecule has 1 aliphatic heterocycles. The van der Waals surface area contributed by atoms with Crippen LogP contribution < -0.4 is 0 Å². The van der Waals surface area contributed by atoms with Crippen molar-refractivity contribution in [1.82, 2.24) is 14.9 Å². The number of benzene rings is 1. The van der Waals surface area contributed by atoms with Gasteiger partial charge in [-0.2, -0.15) is 0 Å². The van der Waals surface area contributed by atoms with Crippen LogP contribution in [0, 0.1) is 0 Å². The van der Waals surface area contributed by atoms with Gasteiger partial charge in [-0.1, -0.05) is 28.1 Å². The van der Waals surface area contributed by atoms with E-state index in [1.54, 1.807) is 12.4 Å². The third-order valence-electron chi connectivity index (χ3n) is 3.55. The first-order valence-electron chi connectivity index (χ1n) is 6.58. The van der Waals surface area contributed by atoms with E-state index in [0.29, 0.717) is 5.69 Å². The van der Waals surface area contributed by atoms with Crippen LogP contribution in [0.5, 0.6) is 0 Å². The van der Waals surface area contributed by atoms with E-state index in [2.05, 4.69) is 38.0 Å². The number of aromatic nitrogens is 2. The first-order chi connectivity index (χ1) is 9.75. The van der Waals surface area contributed by atoms with Crippen molar-refractivity contribution in [2.45, 2.75) is 18.9 Å². The fourth-order valence-electron chi connectivity index (χ4n) is 2.60. The van der Waals surface area contributed by atoms with E-state index in [0.717, 1.165) is 23.9 Å². The van der Waals surface area contributed by atoms with Gasteiger partial charge in [-0.3, -0.25) is 9.78 Å². The van der Waals surface area contributed by atoms with Crippen molar-refractivity contribution in [2.75, 3.05) is 6.54 Å². The Morgan fingerprint density at radius 2 is 2.05 bits per heavy atom. The van der Waals surface area contributed by atoms with Crippen LogP contribution in [0.1, 0.15) is 34.9 Å². The molecule has 0 bridgehead atoms. The smallest absolute Gasteiger partial charge is 0.274 e. The van der Waals surface area contributed by atoms with E-state index in [1.807, 2.05) is 17.0 Å². The average Bonchev–Trinajstić information content (AvgIpc) is 2.97. The summed E-state index contributed by atoms with van der Waals surface area (Å²) in [4.78, 5) is 22.5. The van der Waals surface area contributed by atoms with E-state index in [-0.39, 0.29) is 11.9 Å². The molecule has 1 atom stereocenters. The summed E-state index contributed by atoms with van der Waals surface area (Å²) in [6, 6.07) is 8.29. The molecule has 3 rings (SSSR count). The van der Waals surface area contributed by atoms with Gasteiger partial charge in [-0.15, -0.1) is 0 Å². The van der Waals surface area contributed by atoms with Gasteiger partial charge >= 0.3 is 0 Å². The van der Waals surface area contributed by atoms with Gasteiger partial charge < -0.3 is 4.90 Å². The number of likely N-dealkylation sites (tertiary alicyclic amines) is 1. The van der Waals surface area contributed by atoms with E-state index < -0.39 is 0 Å². The van der Waals surface area contributed by atoms with Crippen molar-refractivity contribution in [3.8, 4) is 0 Å². The predicted octanol–water partition coefficient (Wildman–Crippen LogP) is 3.22. The standard InChI is InChI=1S/C15H14BrN3O/c16-12-5-3-11(4-6-12)14-2-1-9-19(14)15(20)13-10-17-7-8-18-13/h3-8,10,14H,1-2,9H2. The second kappa shape index (κ2) is 5.71. The molecule has 0 N–H and O–H groups in total. The normalized spacial score (nSPS) is 18.2. The highest BCUT2D eigenvalue weighted by Gasteiger charge is 2.31. The molecule has 5 heteroatoms. The molecule has 0 spiro atoms. The van der Waals surface area contributed by atoms with Gasteiger partial charge in [0, 0.05) is 23.4 Å². The predicted molar refractivity (Wildman–Crippen MR) is 79.2 cm³/mol. The monoisotopic (exact) mass is 331 g/mol. The molecule has 1 aromatic carbocycles. The van der Waals surface area contributed by atoms with Crippen LogP contribution in [0.4, 0.5) is 0 Å². The van der Waals surface area contributed by atoms with Crippen LogP contribution >= 0.6 is 15.9 Å². The Kier molecular flexibility index (Phi) is 3.78. The van der Waals surface area contributed by atoms with Gasteiger partial charge in [-0.25, -0.2) is 4.98 Å². The third kappa shape index (κ3) is 2.58. The largest absolute Gasteiger partial charge is 0.330 e. The fraction of sp³-hybridized carbons (Fsp3) is 0.267. The molecule has 2 heterocycles. The SMILES string of the molecule is O=C(c1cnccn1)N1CCCC1c1ccc(Br)cc1. The summed E-state index contributed by atoms with van der Waals surface area (Å²) in [6.45, 7) is 0.774. The van der Waals surface area contributed by atoms with Crippen LogP contribution in [-0.4, -0.2) is 27.3 Å². The summed E-state index contributed by atoms with van der Waals surface area (Å²) in [6.07, 6.45) is 6.67. The van der Waals surface area contributed by atoms with Crippen LogP contribution in [0.2, 0.25) is 0 Å². The molecule has 2 aromatic rings. The average molecular weight is 332 g/mol. The van der Waals surface area contributed by atoms with Gasteiger partial charge in [0.25, 0.3) is 5.91 Å². The van der Waals surface area contributed by atoms with Crippen molar-refractivity contribution >= 4 is 21.8 Å². The van der Waals surface area contributed by atoms with Gasteiger partial charge in [0.05, 0.1) is 12.2 Å². The van der Waals surface area contributed by atoms with Gasteiger partial charge in [0.15, 0.2) is 0 Å². The van der Waals surface area contributed by atoms with Crippen molar-refractivity contribution < 1.29 is 4.79 Å². The topological polar surface area (TPSA) is 46.1 Å². The van der Waals surface area contributed by atoms with E-state index >= 15 is 0 Å². The minimum atomic E-state index is -0.0384. The Balaban J connectivity index is 1.86. The number of carbonyl (C=O) groups excluding carboxylic acids is 1. The molecule has 1 unspecified atom stereocenters. The number of hydrogen-bond donors (Lipinski definition) is 0. The number of carbonyl (C=O) groups is 1. The molecule has 4 nitrogen and oxygen atoms in total. The van der Waals surface area contributed by atoms with Crippen LogP contribution in [0.3, 0.4) is 0 Å².